The Hall–Kier alpha value is -1.06. The molecule has 1 aliphatic rings. The molecule has 1 unspecified atom stereocenters. The van der Waals surface area contributed by atoms with E-state index < -0.39 is 0 Å². The van der Waals surface area contributed by atoms with Gasteiger partial charge in [-0.1, -0.05) is 12.1 Å². The van der Waals surface area contributed by atoms with Gasteiger partial charge in [0.25, 0.3) is 0 Å². The van der Waals surface area contributed by atoms with Crippen LogP contribution < -0.4 is 11.1 Å². The second-order valence-electron chi connectivity index (χ2n) is 4.39. The molecular weight excluding hydrogens is 200 g/mol. The number of benzene rings is 1. The largest absolute Gasteiger partial charge is 0.399 e. The quantitative estimate of drug-likeness (QED) is 0.765. The van der Waals surface area contributed by atoms with Crippen molar-refractivity contribution >= 4 is 5.69 Å². The smallest absolute Gasteiger partial charge is 0.0469 e. The van der Waals surface area contributed by atoms with Gasteiger partial charge in [0.1, 0.15) is 0 Å². The summed E-state index contributed by atoms with van der Waals surface area (Å²) in [6.07, 6.45) is 2.25. The van der Waals surface area contributed by atoms with E-state index in [1.807, 2.05) is 19.2 Å². The van der Waals surface area contributed by atoms with Gasteiger partial charge in [0.15, 0.2) is 0 Å². The summed E-state index contributed by atoms with van der Waals surface area (Å²) in [5, 5.41) is 3.40. The lowest BCUT2D eigenvalue weighted by Crippen LogP contribution is -2.30. The van der Waals surface area contributed by atoms with Crippen molar-refractivity contribution in [1.82, 2.24) is 5.32 Å². The Morgan fingerprint density at radius 2 is 2.12 bits per heavy atom. The van der Waals surface area contributed by atoms with Gasteiger partial charge in [0.05, 0.1) is 0 Å². The zero-order valence-corrected chi connectivity index (χ0v) is 9.78. The Kier molecular flexibility index (Phi) is 3.80. The van der Waals surface area contributed by atoms with E-state index in [2.05, 4.69) is 17.4 Å². The zero-order chi connectivity index (χ0) is 11.4. The van der Waals surface area contributed by atoms with Crippen molar-refractivity contribution in [1.29, 1.82) is 0 Å². The normalized spacial score (nSPS) is 19.6. The zero-order valence-electron chi connectivity index (χ0n) is 9.78. The molecule has 1 aromatic carbocycles. The molecular formula is C13H20N2O. The maximum atomic E-state index is 5.83. The SMILES string of the molecule is CNC(c1cccc(N)c1)C1CCOCC1. The molecule has 3 nitrogen and oxygen atoms in total. The first kappa shape index (κ1) is 11.4. The van der Waals surface area contributed by atoms with E-state index in [1.165, 1.54) is 5.56 Å². The van der Waals surface area contributed by atoms with Crippen LogP contribution in [0, 0.1) is 5.92 Å². The van der Waals surface area contributed by atoms with Crippen LogP contribution in [-0.2, 0) is 4.74 Å². The van der Waals surface area contributed by atoms with E-state index in [1.54, 1.807) is 0 Å². The van der Waals surface area contributed by atoms with Crippen LogP contribution in [0.1, 0.15) is 24.4 Å². The molecule has 16 heavy (non-hydrogen) atoms. The van der Waals surface area contributed by atoms with Gasteiger partial charge in [0, 0.05) is 24.9 Å². The summed E-state index contributed by atoms with van der Waals surface area (Å²) in [6.45, 7) is 1.76. The lowest BCUT2D eigenvalue weighted by Gasteiger charge is -2.30. The third-order valence-corrected chi connectivity index (χ3v) is 3.32. The first-order valence-electron chi connectivity index (χ1n) is 5.91. The molecule has 1 atom stereocenters. The maximum absolute atomic E-state index is 5.83. The van der Waals surface area contributed by atoms with Crippen molar-refractivity contribution in [3.63, 3.8) is 0 Å². The fourth-order valence-electron chi connectivity index (χ4n) is 2.48. The highest BCUT2D eigenvalue weighted by atomic mass is 16.5. The van der Waals surface area contributed by atoms with E-state index in [4.69, 9.17) is 10.5 Å². The van der Waals surface area contributed by atoms with Gasteiger partial charge in [-0.2, -0.15) is 0 Å². The van der Waals surface area contributed by atoms with Crippen LogP contribution >= 0.6 is 0 Å². The molecule has 1 aliphatic heterocycles. The molecule has 1 aromatic rings. The topological polar surface area (TPSA) is 47.3 Å². The molecule has 88 valence electrons. The molecule has 0 aliphatic carbocycles. The van der Waals surface area contributed by atoms with Crippen LogP contribution in [0.4, 0.5) is 5.69 Å². The number of nitrogen functional groups attached to an aromatic ring is 1. The number of hydrogen-bond donors (Lipinski definition) is 2. The Morgan fingerprint density at radius 3 is 2.75 bits per heavy atom. The predicted octanol–water partition coefficient (Wildman–Crippen LogP) is 1.96. The van der Waals surface area contributed by atoms with Crippen LogP contribution in [0.25, 0.3) is 0 Å². The molecule has 0 spiro atoms. The van der Waals surface area contributed by atoms with Gasteiger partial charge in [0.2, 0.25) is 0 Å². The molecule has 1 saturated heterocycles. The molecule has 2 rings (SSSR count). The summed E-state index contributed by atoms with van der Waals surface area (Å²) in [5.74, 6) is 0.653. The summed E-state index contributed by atoms with van der Waals surface area (Å²) in [5.41, 5.74) is 7.95. The molecule has 1 heterocycles. The van der Waals surface area contributed by atoms with E-state index >= 15 is 0 Å². The molecule has 0 saturated carbocycles. The summed E-state index contributed by atoms with van der Waals surface area (Å²) in [6, 6.07) is 8.56. The van der Waals surface area contributed by atoms with E-state index in [9.17, 15) is 0 Å². The molecule has 3 N–H and O–H groups in total. The maximum Gasteiger partial charge on any atom is 0.0469 e. The molecule has 1 fully saturated rings. The molecule has 0 aromatic heterocycles. The Balaban J connectivity index is 2.14. The van der Waals surface area contributed by atoms with Gasteiger partial charge in [-0.3, -0.25) is 0 Å². The first-order chi connectivity index (χ1) is 7.81. The number of anilines is 1. The van der Waals surface area contributed by atoms with Crippen molar-refractivity contribution in [3.05, 3.63) is 29.8 Å². The minimum Gasteiger partial charge on any atom is -0.399 e. The van der Waals surface area contributed by atoms with Crippen molar-refractivity contribution < 1.29 is 4.74 Å². The van der Waals surface area contributed by atoms with Crippen molar-refractivity contribution in [3.8, 4) is 0 Å². The standard InChI is InChI=1S/C13H20N2O/c1-15-13(10-5-7-16-8-6-10)11-3-2-4-12(14)9-11/h2-4,9-10,13,15H,5-8,14H2,1H3. The second-order valence-corrected chi connectivity index (χ2v) is 4.39. The highest BCUT2D eigenvalue weighted by Crippen LogP contribution is 2.30. The Bertz CT molecular complexity index is 334. The first-order valence-corrected chi connectivity index (χ1v) is 5.91. The highest BCUT2D eigenvalue weighted by Gasteiger charge is 2.23. The highest BCUT2D eigenvalue weighted by molar-refractivity contribution is 5.41. The fourth-order valence-corrected chi connectivity index (χ4v) is 2.48. The average molecular weight is 220 g/mol. The predicted molar refractivity (Wildman–Crippen MR) is 66.2 cm³/mol. The van der Waals surface area contributed by atoms with Crippen LogP contribution in [0.2, 0.25) is 0 Å². The van der Waals surface area contributed by atoms with Crippen LogP contribution in [0.15, 0.2) is 24.3 Å². The summed E-state index contributed by atoms with van der Waals surface area (Å²) >= 11 is 0. The molecule has 0 amide bonds. The van der Waals surface area contributed by atoms with Crippen molar-refractivity contribution in [2.24, 2.45) is 5.92 Å². The van der Waals surface area contributed by atoms with Crippen molar-refractivity contribution in [2.75, 3.05) is 26.0 Å². The monoisotopic (exact) mass is 220 g/mol. The Labute approximate surface area is 97.0 Å². The number of ether oxygens (including phenoxy) is 1. The van der Waals surface area contributed by atoms with Gasteiger partial charge >= 0.3 is 0 Å². The van der Waals surface area contributed by atoms with Gasteiger partial charge < -0.3 is 15.8 Å². The van der Waals surface area contributed by atoms with Gasteiger partial charge in [-0.15, -0.1) is 0 Å². The van der Waals surface area contributed by atoms with Crippen LogP contribution in [0.5, 0.6) is 0 Å². The van der Waals surface area contributed by atoms with E-state index in [-0.39, 0.29) is 0 Å². The molecule has 3 heteroatoms. The summed E-state index contributed by atoms with van der Waals surface area (Å²) < 4.78 is 5.40. The third kappa shape index (κ3) is 2.54. The van der Waals surface area contributed by atoms with Crippen LogP contribution in [0.3, 0.4) is 0 Å². The lowest BCUT2D eigenvalue weighted by atomic mass is 9.87. The summed E-state index contributed by atoms with van der Waals surface area (Å²) in [7, 11) is 2.02. The van der Waals surface area contributed by atoms with E-state index in [0.29, 0.717) is 12.0 Å². The van der Waals surface area contributed by atoms with Gasteiger partial charge in [-0.05, 0) is 43.5 Å². The minimum absolute atomic E-state index is 0.396. The number of nitrogens with two attached hydrogens (primary N) is 1. The minimum atomic E-state index is 0.396. The number of hydrogen-bond acceptors (Lipinski definition) is 3. The Morgan fingerprint density at radius 1 is 1.38 bits per heavy atom. The summed E-state index contributed by atoms with van der Waals surface area (Å²) in [4.78, 5) is 0. The fraction of sp³-hybridized carbons (Fsp3) is 0.538. The molecule has 0 radical (unpaired) electrons. The third-order valence-electron chi connectivity index (χ3n) is 3.32. The average Bonchev–Trinajstić information content (AvgIpc) is 2.31. The van der Waals surface area contributed by atoms with E-state index in [0.717, 1.165) is 31.7 Å². The van der Waals surface area contributed by atoms with Gasteiger partial charge in [-0.25, -0.2) is 0 Å². The number of nitrogens with one attached hydrogen (secondary N) is 1. The van der Waals surface area contributed by atoms with Crippen molar-refractivity contribution in [2.45, 2.75) is 18.9 Å². The van der Waals surface area contributed by atoms with Crippen LogP contribution in [-0.4, -0.2) is 20.3 Å². The lowest BCUT2D eigenvalue weighted by molar-refractivity contribution is 0.0546. The molecule has 0 bridgehead atoms. The second kappa shape index (κ2) is 5.32. The number of rotatable bonds is 3.